The molecule has 0 amide bonds. The van der Waals surface area contributed by atoms with Crippen molar-refractivity contribution in [2.75, 3.05) is 32.9 Å². The van der Waals surface area contributed by atoms with E-state index >= 15 is 0 Å². The molecule has 0 aliphatic carbocycles. The summed E-state index contributed by atoms with van der Waals surface area (Å²) in [7, 11) is 0. The molecule has 6 atom stereocenters. The van der Waals surface area contributed by atoms with Crippen LogP contribution in [0.1, 0.15) is 33.1 Å². The van der Waals surface area contributed by atoms with Gasteiger partial charge in [-0.1, -0.05) is 19.8 Å². The number of rotatable bonds is 11. The molecular formula is C16H33NO7. The van der Waals surface area contributed by atoms with Crippen LogP contribution in [0.25, 0.3) is 0 Å². The van der Waals surface area contributed by atoms with Gasteiger partial charge >= 0.3 is 0 Å². The molecule has 5 N–H and O–H groups in total. The first-order valence-electron chi connectivity index (χ1n) is 8.73. The summed E-state index contributed by atoms with van der Waals surface area (Å²) in [6.45, 7) is 5.11. The lowest BCUT2D eigenvalue weighted by Gasteiger charge is -2.40. The molecule has 0 spiro atoms. The molecule has 1 heterocycles. The molecule has 8 heteroatoms. The summed E-state index contributed by atoms with van der Waals surface area (Å²) in [6, 6.07) is 0.301. The highest BCUT2D eigenvalue weighted by Gasteiger charge is 2.43. The molecular weight excluding hydrogens is 318 g/mol. The van der Waals surface area contributed by atoms with Crippen molar-refractivity contribution in [2.45, 2.75) is 69.9 Å². The van der Waals surface area contributed by atoms with Gasteiger partial charge < -0.3 is 35.0 Å². The summed E-state index contributed by atoms with van der Waals surface area (Å²) in [5, 5.41) is 47.7. The lowest BCUT2D eigenvalue weighted by Crippen LogP contribution is -2.59. The minimum Gasteiger partial charge on any atom is -0.395 e. The van der Waals surface area contributed by atoms with Crippen molar-refractivity contribution in [1.82, 2.24) is 4.90 Å². The fourth-order valence-electron chi connectivity index (χ4n) is 2.85. The first kappa shape index (κ1) is 21.7. The minimum atomic E-state index is -1.43. The Morgan fingerprint density at radius 3 is 2.38 bits per heavy atom. The SMILES string of the molecule is CCCCC(C)N(CCO)CCO[C@H]1OC(CO)[C@@H](O)C(O)C1O. The van der Waals surface area contributed by atoms with E-state index in [2.05, 4.69) is 18.7 Å². The highest BCUT2D eigenvalue weighted by atomic mass is 16.7. The van der Waals surface area contributed by atoms with E-state index in [0.717, 1.165) is 19.3 Å². The molecule has 144 valence electrons. The molecule has 0 radical (unpaired) electrons. The third kappa shape index (κ3) is 6.20. The van der Waals surface area contributed by atoms with Crippen LogP contribution >= 0.6 is 0 Å². The summed E-state index contributed by atoms with van der Waals surface area (Å²) < 4.78 is 10.8. The van der Waals surface area contributed by atoms with Crippen LogP contribution in [0, 0.1) is 0 Å². The fourth-order valence-corrected chi connectivity index (χ4v) is 2.85. The smallest absolute Gasteiger partial charge is 0.186 e. The molecule has 0 aromatic carbocycles. The van der Waals surface area contributed by atoms with E-state index in [1.807, 2.05) is 0 Å². The highest BCUT2D eigenvalue weighted by molar-refractivity contribution is 4.88. The molecule has 1 saturated heterocycles. The van der Waals surface area contributed by atoms with Gasteiger partial charge in [0.15, 0.2) is 6.29 Å². The highest BCUT2D eigenvalue weighted by Crippen LogP contribution is 2.22. The normalized spacial score (nSPS) is 32.2. The zero-order valence-corrected chi connectivity index (χ0v) is 14.6. The molecule has 0 aromatic rings. The second-order valence-electron chi connectivity index (χ2n) is 6.32. The standard InChI is InChI=1S/C16H33NO7/c1-3-4-5-11(2)17(6-8-18)7-9-23-16-15(22)14(21)13(20)12(10-19)24-16/h11-16,18-22H,3-10H2,1-2H3/t11?,12?,13-,14?,15?,16+/m1/s1. The maximum atomic E-state index is 9.92. The fraction of sp³-hybridized carbons (Fsp3) is 1.00. The zero-order chi connectivity index (χ0) is 18.1. The van der Waals surface area contributed by atoms with Gasteiger partial charge in [0.2, 0.25) is 0 Å². The largest absolute Gasteiger partial charge is 0.395 e. The van der Waals surface area contributed by atoms with Crippen LogP contribution in [0.3, 0.4) is 0 Å². The van der Waals surface area contributed by atoms with Gasteiger partial charge in [-0.3, -0.25) is 4.90 Å². The second-order valence-corrected chi connectivity index (χ2v) is 6.32. The Bertz CT molecular complexity index is 332. The third-order valence-electron chi connectivity index (χ3n) is 4.50. The number of ether oxygens (including phenoxy) is 2. The van der Waals surface area contributed by atoms with Crippen molar-refractivity contribution >= 4 is 0 Å². The zero-order valence-electron chi connectivity index (χ0n) is 14.6. The van der Waals surface area contributed by atoms with Crippen LogP contribution in [0.4, 0.5) is 0 Å². The van der Waals surface area contributed by atoms with E-state index in [-0.39, 0.29) is 13.2 Å². The quantitative estimate of drug-likeness (QED) is 0.310. The van der Waals surface area contributed by atoms with Gasteiger partial charge in [0, 0.05) is 19.1 Å². The molecule has 0 aromatic heterocycles. The minimum absolute atomic E-state index is 0.0521. The van der Waals surface area contributed by atoms with Crippen molar-refractivity contribution in [3.63, 3.8) is 0 Å². The van der Waals surface area contributed by atoms with Gasteiger partial charge in [0.1, 0.15) is 24.4 Å². The van der Waals surface area contributed by atoms with Gasteiger partial charge in [-0.05, 0) is 13.3 Å². The van der Waals surface area contributed by atoms with Crippen LogP contribution in [0.15, 0.2) is 0 Å². The Morgan fingerprint density at radius 1 is 1.08 bits per heavy atom. The van der Waals surface area contributed by atoms with E-state index in [0.29, 0.717) is 19.1 Å². The molecule has 0 bridgehead atoms. The van der Waals surface area contributed by atoms with Crippen molar-refractivity contribution in [3.8, 4) is 0 Å². The predicted octanol–water partition coefficient (Wildman–Crippen LogP) is -1.32. The number of hydrogen-bond donors (Lipinski definition) is 5. The van der Waals surface area contributed by atoms with Gasteiger partial charge in [0.25, 0.3) is 0 Å². The summed E-state index contributed by atoms with van der Waals surface area (Å²) >= 11 is 0. The lowest BCUT2D eigenvalue weighted by molar-refractivity contribution is -0.301. The molecule has 1 aliphatic rings. The molecule has 4 unspecified atom stereocenters. The maximum Gasteiger partial charge on any atom is 0.186 e. The average Bonchev–Trinajstić information content (AvgIpc) is 2.58. The van der Waals surface area contributed by atoms with Gasteiger partial charge in [-0.25, -0.2) is 0 Å². The van der Waals surface area contributed by atoms with Crippen LogP contribution in [0.2, 0.25) is 0 Å². The van der Waals surface area contributed by atoms with Crippen molar-refractivity contribution < 1.29 is 35.0 Å². The predicted molar refractivity (Wildman–Crippen MR) is 87.4 cm³/mol. The van der Waals surface area contributed by atoms with Gasteiger partial charge in [-0.15, -0.1) is 0 Å². The monoisotopic (exact) mass is 351 g/mol. The Morgan fingerprint density at radius 2 is 1.79 bits per heavy atom. The Labute approximate surface area is 143 Å². The Hall–Kier alpha value is -0.320. The average molecular weight is 351 g/mol. The van der Waals surface area contributed by atoms with Crippen LogP contribution in [-0.4, -0.2) is 100 Å². The molecule has 1 fully saturated rings. The van der Waals surface area contributed by atoms with E-state index < -0.39 is 37.3 Å². The number of unbranched alkanes of at least 4 members (excludes halogenated alkanes) is 1. The van der Waals surface area contributed by atoms with Gasteiger partial charge in [0.05, 0.1) is 19.8 Å². The Balaban J connectivity index is 2.47. The molecule has 8 nitrogen and oxygen atoms in total. The third-order valence-corrected chi connectivity index (χ3v) is 4.50. The number of aliphatic hydroxyl groups is 5. The van der Waals surface area contributed by atoms with Crippen molar-refractivity contribution in [3.05, 3.63) is 0 Å². The van der Waals surface area contributed by atoms with E-state index in [1.165, 1.54) is 0 Å². The molecule has 1 rings (SSSR count). The number of aliphatic hydroxyl groups excluding tert-OH is 5. The topological polar surface area (TPSA) is 123 Å². The number of hydrogen-bond acceptors (Lipinski definition) is 8. The van der Waals surface area contributed by atoms with Gasteiger partial charge in [-0.2, -0.15) is 0 Å². The van der Waals surface area contributed by atoms with Crippen LogP contribution in [0.5, 0.6) is 0 Å². The maximum absolute atomic E-state index is 9.92. The molecule has 0 saturated carbocycles. The number of nitrogens with zero attached hydrogens (tertiary/aromatic N) is 1. The first-order chi connectivity index (χ1) is 11.5. The van der Waals surface area contributed by atoms with Crippen LogP contribution < -0.4 is 0 Å². The lowest BCUT2D eigenvalue weighted by atomic mass is 9.99. The van der Waals surface area contributed by atoms with Crippen molar-refractivity contribution in [2.24, 2.45) is 0 Å². The second kappa shape index (κ2) is 11.3. The summed E-state index contributed by atoms with van der Waals surface area (Å²) in [5.74, 6) is 0. The summed E-state index contributed by atoms with van der Waals surface area (Å²) in [6.07, 6.45) is -3.03. The first-order valence-corrected chi connectivity index (χ1v) is 8.73. The molecule has 24 heavy (non-hydrogen) atoms. The van der Waals surface area contributed by atoms with Crippen LogP contribution in [-0.2, 0) is 9.47 Å². The Kier molecular flexibility index (Phi) is 10.3. The van der Waals surface area contributed by atoms with E-state index in [9.17, 15) is 20.4 Å². The van der Waals surface area contributed by atoms with E-state index in [1.54, 1.807) is 0 Å². The summed E-state index contributed by atoms with van der Waals surface area (Å²) in [5.41, 5.74) is 0. The molecule has 1 aliphatic heterocycles. The van der Waals surface area contributed by atoms with Crippen molar-refractivity contribution in [1.29, 1.82) is 0 Å². The van der Waals surface area contributed by atoms with E-state index in [4.69, 9.17) is 14.6 Å². The summed E-state index contributed by atoms with van der Waals surface area (Å²) in [4.78, 5) is 2.10.